The highest BCUT2D eigenvalue weighted by Gasteiger charge is 2.23. The van der Waals surface area contributed by atoms with E-state index in [1.54, 1.807) is 6.92 Å². The van der Waals surface area contributed by atoms with Gasteiger partial charge in [-0.15, -0.1) is 0 Å². The monoisotopic (exact) mass is 460 g/mol. The molecule has 0 bridgehead atoms. The molecule has 0 radical (unpaired) electrons. The van der Waals surface area contributed by atoms with Crippen LogP contribution in [0.25, 0.3) is 0 Å². The van der Waals surface area contributed by atoms with Gasteiger partial charge in [-0.05, 0) is 43.7 Å². The molecule has 0 aliphatic carbocycles. The Morgan fingerprint density at radius 1 is 1.03 bits per heavy atom. The Labute approximate surface area is 193 Å². The number of carbonyl (C=O) groups excluding carboxylic acids is 1. The van der Waals surface area contributed by atoms with Gasteiger partial charge >= 0.3 is 0 Å². The Morgan fingerprint density at radius 2 is 1.76 bits per heavy atom. The normalized spacial score (nSPS) is 16.0. The average molecular weight is 461 g/mol. The standard InChI is InChI=1S/C25H30F2N2O4/c1-2-22(30)18-16-19(26)24(20(27)17-18)32-13-4-3-8-28-9-11-29(12-10-28)21-6-5-7-23-25(21)33-15-14-31-23/h5-7,16-17H,2-4,8-15H2,1H3. The van der Waals surface area contributed by atoms with Crippen molar-refractivity contribution in [2.45, 2.75) is 26.2 Å². The molecule has 0 aromatic heterocycles. The predicted octanol–water partition coefficient (Wildman–Crippen LogP) is 4.31. The first-order valence-corrected chi connectivity index (χ1v) is 11.6. The maximum absolute atomic E-state index is 14.1. The number of hydrogen-bond donors (Lipinski definition) is 0. The first-order chi connectivity index (χ1) is 16.1. The third-order valence-corrected chi connectivity index (χ3v) is 6.01. The predicted molar refractivity (Wildman–Crippen MR) is 122 cm³/mol. The van der Waals surface area contributed by atoms with Crippen LogP contribution in [0.3, 0.4) is 0 Å². The van der Waals surface area contributed by atoms with Crippen LogP contribution < -0.4 is 19.1 Å². The molecule has 2 aliphatic heterocycles. The zero-order valence-corrected chi connectivity index (χ0v) is 18.9. The fraction of sp³-hybridized carbons (Fsp3) is 0.480. The molecule has 2 aliphatic rings. The van der Waals surface area contributed by atoms with E-state index >= 15 is 0 Å². The van der Waals surface area contributed by atoms with Gasteiger partial charge in [0.1, 0.15) is 13.2 Å². The molecule has 0 atom stereocenters. The number of halogens is 2. The van der Waals surface area contributed by atoms with Gasteiger partial charge in [0.25, 0.3) is 0 Å². The first-order valence-electron chi connectivity index (χ1n) is 11.6. The highest BCUT2D eigenvalue weighted by molar-refractivity contribution is 5.96. The van der Waals surface area contributed by atoms with Crippen LogP contribution in [0.1, 0.15) is 36.5 Å². The summed E-state index contributed by atoms with van der Waals surface area (Å²) >= 11 is 0. The van der Waals surface area contributed by atoms with Crippen molar-refractivity contribution in [2.24, 2.45) is 0 Å². The van der Waals surface area contributed by atoms with Crippen LogP contribution in [0.2, 0.25) is 0 Å². The molecule has 2 aromatic rings. The minimum Gasteiger partial charge on any atom is -0.488 e. The van der Waals surface area contributed by atoms with Crippen LogP contribution in [0, 0.1) is 11.6 Å². The zero-order valence-electron chi connectivity index (χ0n) is 18.9. The lowest BCUT2D eigenvalue weighted by Crippen LogP contribution is -2.46. The van der Waals surface area contributed by atoms with E-state index in [-0.39, 0.29) is 24.4 Å². The van der Waals surface area contributed by atoms with E-state index < -0.39 is 17.4 Å². The van der Waals surface area contributed by atoms with E-state index in [0.29, 0.717) is 19.6 Å². The van der Waals surface area contributed by atoms with Crippen LogP contribution in [-0.4, -0.2) is 63.2 Å². The van der Waals surface area contributed by atoms with Gasteiger partial charge in [0, 0.05) is 38.2 Å². The third kappa shape index (κ3) is 5.55. The molecule has 1 saturated heterocycles. The van der Waals surface area contributed by atoms with Crippen LogP contribution in [-0.2, 0) is 0 Å². The van der Waals surface area contributed by atoms with Crippen molar-refractivity contribution < 1.29 is 27.8 Å². The lowest BCUT2D eigenvalue weighted by Gasteiger charge is -2.37. The fourth-order valence-corrected chi connectivity index (χ4v) is 4.19. The van der Waals surface area contributed by atoms with E-state index in [1.807, 2.05) is 12.1 Å². The van der Waals surface area contributed by atoms with Crippen molar-refractivity contribution in [1.29, 1.82) is 0 Å². The molecule has 8 heteroatoms. The average Bonchev–Trinajstić information content (AvgIpc) is 2.84. The summed E-state index contributed by atoms with van der Waals surface area (Å²) in [6.45, 7) is 7.59. The van der Waals surface area contributed by atoms with Crippen molar-refractivity contribution in [1.82, 2.24) is 4.90 Å². The van der Waals surface area contributed by atoms with Crippen LogP contribution >= 0.6 is 0 Å². The number of fused-ring (bicyclic) bond motifs is 1. The number of anilines is 1. The second-order valence-electron chi connectivity index (χ2n) is 8.23. The Kier molecular flexibility index (Phi) is 7.65. The number of piperazine rings is 1. The number of ether oxygens (including phenoxy) is 3. The molecule has 2 aromatic carbocycles. The highest BCUT2D eigenvalue weighted by Crippen LogP contribution is 2.39. The Bertz CT molecular complexity index is 954. The highest BCUT2D eigenvalue weighted by atomic mass is 19.1. The van der Waals surface area contributed by atoms with Crippen LogP contribution in [0.15, 0.2) is 30.3 Å². The van der Waals surface area contributed by atoms with Gasteiger partial charge in [-0.3, -0.25) is 9.69 Å². The molecule has 0 N–H and O–H groups in total. The van der Waals surface area contributed by atoms with E-state index in [4.69, 9.17) is 14.2 Å². The topological polar surface area (TPSA) is 51.2 Å². The molecule has 178 valence electrons. The molecule has 0 spiro atoms. The quantitative estimate of drug-likeness (QED) is 0.411. The number of ketones is 1. The summed E-state index contributed by atoms with van der Waals surface area (Å²) in [7, 11) is 0. The van der Waals surface area contributed by atoms with Gasteiger partial charge in [-0.1, -0.05) is 13.0 Å². The molecule has 0 saturated carbocycles. The van der Waals surface area contributed by atoms with Gasteiger partial charge in [0.2, 0.25) is 0 Å². The number of para-hydroxylation sites is 1. The van der Waals surface area contributed by atoms with E-state index in [1.165, 1.54) is 0 Å². The minimum absolute atomic E-state index is 0.0362. The number of nitrogens with zero attached hydrogens (tertiary/aromatic N) is 2. The molecule has 0 amide bonds. The number of benzene rings is 2. The van der Waals surface area contributed by atoms with Crippen molar-refractivity contribution in [3.8, 4) is 17.2 Å². The number of rotatable bonds is 9. The first kappa shape index (κ1) is 23.3. The van der Waals surface area contributed by atoms with Gasteiger partial charge in [0.05, 0.1) is 12.3 Å². The number of Topliss-reactive ketones (excluding diaryl/α,β-unsaturated/α-hetero) is 1. The van der Waals surface area contributed by atoms with Crippen molar-refractivity contribution in [3.05, 3.63) is 47.5 Å². The summed E-state index contributed by atoms with van der Waals surface area (Å²) in [5, 5.41) is 0. The van der Waals surface area contributed by atoms with Crippen LogP contribution in [0.4, 0.5) is 14.5 Å². The lowest BCUT2D eigenvalue weighted by atomic mass is 10.1. The van der Waals surface area contributed by atoms with Crippen molar-refractivity contribution >= 4 is 11.5 Å². The largest absolute Gasteiger partial charge is 0.488 e. The Hall–Kier alpha value is -2.87. The summed E-state index contributed by atoms with van der Waals surface area (Å²) in [6, 6.07) is 8.10. The smallest absolute Gasteiger partial charge is 0.190 e. The van der Waals surface area contributed by atoms with Gasteiger partial charge in [-0.25, -0.2) is 8.78 Å². The lowest BCUT2D eigenvalue weighted by molar-refractivity contribution is 0.0987. The fourth-order valence-electron chi connectivity index (χ4n) is 4.19. The molecule has 33 heavy (non-hydrogen) atoms. The summed E-state index contributed by atoms with van der Waals surface area (Å²) in [4.78, 5) is 16.4. The third-order valence-electron chi connectivity index (χ3n) is 6.01. The molecular weight excluding hydrogens is 430 g/mol. The summed E-state index contributed by atoms with van der Waals surface area (Å²) < 4.78 is 45.1. The second kappa shape index (κ2) is 10.8. The van der Waals surface area contributed by atoms with Crippen molar-refractivity contribution in [2.75, 3.05) is 57.4 Å². The number of unbranched alkanes of at least 4 members (excludes halogenated alkanes) is 1. The molecule has 0 unspecified atom stereocenters. The zero-order chi connectivity index (χ0) is 23.2. The van der Waals surface area contributed by atoms with Gasteiger partial charge in [-0.2, -0.15) is 0 Å². The molecule has 1 fully saturated rings. The molecule has 2 heterocycles. The summed E-state index contributed by atoms with van der Waals surface area (Å²) in [6.07, 6.45) is 1.75. The summed E-state index contributed by atoms with van der Waals surface area (Å²) in [5.41, 5.74) is 1.12. The molecule has 4 rings (SSSR count). The molecule has 6 nitrogen and oxygen atoms in total. The maximum Gasteiger partial charge on any atom is 0.190 e. The molecular formula is C25H30F2N2O4. The number of hydrogen-bond acceptors (Lipinski definition) is 6. The van der Waals surface area contributed by atoms with E-state index in [9.17, 15) is 13.6 Å². The Balaban J connectivity index is 1.19. The summed E-state index contributed by atoms with van der Waals surface area (Å²) in [5.74, 6) is -0.733. The van der Waals surface area contributed by atoms with Gasteiger partial charge in [0.15, 0.2) is 34.7 Å². The Morgan fingerprint density at radius 3 is 2.48 bits per heavy atom. The van der Waals surface area contributed by atoms with Crippen molar-refractivity contribution in [3.63, 3.8) is 0 Å². The van der Waals surface area contributed by atoms with Gasteiger partial charge < -0.3 is 19.1 Å². The van der Waals surface area contributed by atoms with E-state index in [0.717, 1.165) is 68.5 Å². The van der Waals surface area contributed by atoms with E-state index in [2.05, 4.69) is 15.9 Å². The maximum atomic E-state index is 14.1. The SMILES string of the molecule is CCC(=O)c1cc(F)c(OCCCCN2CCN(c3cccc4c3OCCO4)CC2)c(F)c1. The minimum atomic E-state index is -0.833. The number of carbonyl (C=O) groups is 1. The van der Waals surface area contributed by atoms with Crippen LogP contribution in [0.5, 0.6) is 17.2 Å². The second-order valence-corrected chi connectivity index (χ2v) is 8.23.